The average molecular weight is 548 g/mol. The predicted molar refractivity (Wildman–Crippen MR) is 109 cm³/mol. The number of hydrogen-bond acceptors (Lipinski definition) is 4. The Morgan fingerprint density at radius 3 is 2.35 bits per heavy atom. The molecule has 0 fully saturated rings. The SMILES string of the molecule is Cc1nc2c(c(=O)n(CCCCC(C)O)c(=O)n2C)n1C.II. The number of nitrogens with zero attached hydrogens (tertiary/aromatic N) is 4. The lowest BCUT2D eigenvalue weighted by Crippen LogP contribution is -2.39. The van der Waals surface area contributed by atoms with Gasteiger partial charge in [0.2, 0.25) is 0 Å². The van der Waals surface area contributed by atoms with Crippen LogP contribution < -0.4 is 11.2 Å². The highest BCUT2D eigenvalue weighted by molar-refractivity contribution is 15.0. The van der Waals surface area contributed by atoms with Gasteiger partial charge in [-0.25, -0.2) is 9.78 Å². The molecule has 0 spiro atoms. The van der Waals surface area contributed by atoms with E-state index in [1.165, 1.54) is 9.13 Å². The second-order valence-corrected chi connectivity index (χ2v) is 5.53. The topological polar surface area (TPSA) is 82.1 Å². The number of rotatable bonds is 5. The van der Waals surface area contributed by atoms with Gasteiger partial charge in [-0.3, -0.25) is 13.9 Å². The number of hydrogen-bond donors (Lipinski definition) is 1. The van der Waals surface area contributed by atoms with E-state index >= 15 is 0 Å². The molecule has 0 amide bonds. The Bertz CT molecular complexity index is 777. The number of aromatic nitrogens is 4. The molecule has 2 heterocycles. The molecular formula is C14H22I2N4O3. The molecular weight excluding hydrogens is 526 g/mol. The lowest BCUT2D eigenvalue weighted by molar-refractivity contribution is 0.180. The van der Waals surface area contributed by atoms with Gasteiger partial charge >= 0.3 is 5.69 Å². The first kappa shape index (κ1) is 20.6. The zero-order valence-corrected chi connectivity index (χ0v) is 18.0. The molecule has 1 N–H and O–H groups in total. The number of aliphatic hydroxyl groups excluding tert-OH is 1. The first-order valence-electron chi connectivity index (χ1n) is 7.29. The van der Waals surface area contributed by atoms with Crippen LogP contribution in [-0.4, -0.2) is 29.9 Å². The minimum Gasteiger partial charge on any atom is -0.393 e. The van der Waals surface area contributed by atoms with Crippen molar-refractivity contribution in [3.8, 4) is 0 Å². The first-order chi connectivity index (χ1) is 10.8. The van der Waals surface area contributed by atoms with Crippen LogP contribution in [0.3, 0.4) is 0 Å². The van der Waals surface area contributed by atoms with Crippen LogP contribution in [0.1, 0.15) is 32.0 Å². The van der Waals surface area contributed by atoms with Crippen LogP contribution in [-0.2, 0) is 20.6 Å². The van der Waals surface area contributed by atoms with Crippen molar-refractivity contribution in [2.45, 2.75) is 45.8 Å². The van der Waals surface area contributed by atoms with Crippen molar-refractivity contribution in [2.75, 3.05) is 0 Å². The Balaban J connectivity index is 0.00000127. The van der Waals surface area contributed by atoms with E-state index in [9.17, 15) is 14.7 Å². The summed E-state index contributed by atoms with van der Waals surface area (Å²) in [6.45, 7) is 3.89. The number of halogens is 2. The standard InChI is InChI=1S/C14H22N4O3.I2/c1-9(19)7-5-6-8-18-13(20)11-12(17(4)14(18)21)15-10(2)16(11)3;1-2/h9,19H,5-8H2,1-4H3;. The maximum absolute atomic E-state index is 12.5. The maximum atomic E-state index is 12.5. The molecule has 130 valence electrons. The third-order valence-electron chi connectivity index (χ3n) is 3.84. The van der Waals surface area contributed by atoms with Crippen molar-refractivity contribution in [1.82, 2.24) is 18.7 Å². The fourth-order valence-electron chi connectivity index (χ4n) is 2.46. The molecule has 1 atom stereocenters. The van der Waals surface area contributed by atoms with Gasteiger partial charge in [0.25, 0.3) is 5.56 Å². The Morgan fingerprint density at radius 1 is 1.17 bits per heavy atom. The fraction of sp³-hybridized carbons (Fsp3) is 0.643. The Morgan fingerprint density at radius 2 is 1.78 bits per heavy atom. The molecule has 0 aliphatic carbocycles. The van der Waals surface area contributed by atoms with Crippen LogP contribution in [0.4, 0.5) is 0 Å². The normalized spacial score (nSPS) is 12.1. The van der Waals surface area contributed by atoms with E-state index in [-0.39, 0.29) is 17.4 Å². The molecule has 0 saturated heterocycles. The molecule has 7 nitrogen and oxygen atoms in total. The monoisotopic (exact) mass is 548 g/mol. The Hall–Kier alpha value is -0.430. The molecule has 0 bridgehead atoms. The highest BCUT2D eigenvalue weighted by Gasteiger charge is 2.16. The second-order valence-electron chi connectivity index (χ2n) is 5.53. The molecule has 2 aromatic rings. The highest BCUT2D eigenvalue weighted by Crippen LogP contribution is 2.08. The summed E-state index contributed by atoms with van der Waals surface area (Å²) in [4.78, 5) is 29.1. The van der Waals surface area contributed by atoms with Gasteiger partial charge in [-0.1, -0.05) is 0 Å². The molecule has 0 aliphatic heterocycles. The third kappa shape index (κ3) is 4.56. The number of aliphatic hydroxyl groups is 1. The highest BCUT2D eigenvalue weighted by atomic mass is 128. The lowest BCUT2D eigenvalue weighted by Gasteiger charge is -2.09. The smallest absolute Gasteiger partial charge is 0.332 e. The molecule has 2 aromatic heterocycles. The average Bonchev–Trinajstić information content (AvgIpc) is 2.82. The summed E-state index contributed by atoms with van der Waals surface area (Å²) in [5.41, 5.74) is 0.228. The van der Waals surface area contributed by atoms with Crippen molar-refractivity contribution >= 4 is 48.4 Å². The zero-order valence-electron chi connectivity index (χ0n) is 13.7. The number of unbranched alkanes of at least 4 members (excludes halogenated alkanes) is 1. The van der Waals surface area contributed by atoms with Gasteiger partial charge in [0.1, 0.15) is 5.82 Å². The van der Waals surface area contributed by atoms with Crippen LogP contribution in [0.5, 0.6) is 0 Å². The van der Waals surface area contributed by atoms with Gasteiger partial charge in [0, 0.05) is 57.9 Å². The van der Waals surface area contributed by atoms with Crippen LogP contribution in [0.15, 0.2) is 9.59 Å². The second kappa shape index (κ2) is 9.16. The van der Waals surface area contributed by atoms with Crippen molar-refractivity contribution < 1.29 is 5.11 Å². The first-order valence-corrected chi connectivity index (χ1v) is 13.6. The maximum Gasteiger partial charge on any atom is 0.332 e. The van der Waals surface area contributed by atoms with Gasteiger partial charge in [-0.2, -0.15) is 0 Å². The minimum atomic E-state index is -0.355. The van der Waals surface area contributed by atoms with E-state index in [4.69, 9.17) is 0 Å². The molecule has 0 aliphatic rings. The van der Waals surface area contributed by atoms with Gasteiger partial charge in [0.05, 0.1) is 6.10 Å². The molecule has 23 heavy (non-hydrogen) atoms. The van der Waals surface area contributed by atoms with E-state index in [0.29, 0.717) is 36.4 Å². The number of aryl methyl sites for hydroxylation is 3. The van der Waals surface area contributed by atoms with Gasteiger partial charge in [-0.05, 0) is 33.1 Å². The summed E-state index contributed by atoms with van der Waals surface area (Å²) in [5.74, 6) is 0.698. The van der Waals surface area contributed by atoms with Gasteiger partial charge in [-0.15, -0.1) is 0 Å². The quantitative estimate of drug-likeness (QED) is 0.459. The van der Waals surface area contributed by atoms with Crippen molar-refractivity contribution in [1.29, 1.82) is 0 Å². The molecule has 1 unspecified atom stereocenters. The van der Waals surface area contributed by atoms with E-state index in [1.54, 1.807) is 32.5 Å². The summed E-state index contributed by atoms with van der Waals surface area (Å²) >= 11 is 4.24. The third-order valence-corrected chi connectivity index (χ3v) is 3.84. The Kier molecular flexibility index (Phi) is 8.21. The molecule has 0 saturated carbocycles. The number of fused-ring (bicyclic) bond motifs is 1. The minimum absolute atomic E-state index is 0.298. The largest absolute Gasteiger partial charge is 0.393 e. The summed E-state index contributed by atoms with van der Waals surface area (Å²) in [7, 11) is 3.40. The molecule has 0 radical (unpaired) electrons. The van der Waals surface area contributed by atoms with E-state index in [1.807, 2.05) is 0 Å². The van der Waals surface area contributed by atoms with Crippen molar-refractivity contribution in [2.24, 2.45) is 14.1 Å². The molecule has 9 heteroatoms. The molecule has 2 rings (SSSR count). The predicted octanol–water partition coefficient (Wildman–Crippen LogP) is 2.06. The van der Waals surface area contributed by atoms with Crippen LogP contribution in [0, 0.1) is 6.92 Å². The van der Waals surface area contributed by atoms with E-state index in [2.05, 4.69) is 42.2 Å². The summed E-state index contributed by atoms with van der Waals surface area (Å²) < 4.78 is 4.38. The summed E-state index contributed by atoms with van der Waals surface area (Å²) in [6, 6.07) is 0. The van der Waals surface area contributed by atoms with Crippen molar-refractivity contribution in [3.63, 3.8) is 0 Å². The van der Waals surface area contributed by atoms with E-state index in [0.717, 1.165) is 6.42 Å². The van der Waals surface area contributed by atoms with Crippen LogP contribution in [0.25, 0.3) is 11.2 Å². The zero-order chi connectivity index (χ0) is 17.7. The van der Waals surface area contributed by atoms with E-state index < -0.39 is 0 Å². The number of imidazole rings is 1. The van der Waals surface area contributed by atoms with Gasteiger partial charge in [0.15, 0.2) is 11.2 Å². The van der Waals surface area contributed by atoms with Crippen LogP contribution >= 0.6 is 37.2 Å². The van der Waals surface area contributed by atoms with Gasteiger partial charge < -0.3 is 9.67 Å². The van der Waals surface area contributed by atoms with Crippen molar-refractivity contribution in [3.05, 3.63) is 26.7 Å². The Labute approximate surface area is 158 Å². The lowest BCUT2D eigenvalue weighted by atomic mass is 10.2. The van der Waals surface area contributed by atoms with Crippen LogP contribution in [0.2, 0.25) is 0 Å². The summed E-state index contributed by atoms with van der Waals surface area (Å²) in [6.07, 6.45) is 1.77. The fourth-order valence-corrected chi connectivity index (χ4v) is 2.46. The summed E-state index contributed by atoms with van der Waals surface area (Å²) in [5, 5.41) is 9.24. The molecule has 0 aromatic carbocycles.